The van der Waals surface area contributed by atoms with Crippen molar-refractivity contribution in [2.45, 2.75) is 59.9 Å². The number of amides is 2. The highest BCUT2D eigenvalue weighted by Crippen LogP contribution is 2.61. The van der Waals surface area contributed by atoms with Crippen LogP contribution in [0.5, 0.6) is 0 Å². The zero-order valence-electron chi connectivity index (χ0n) is 15.1. The van der Waals surface area contributed by atoms with E-state index < -0.39 is 0 Å². The molecule has 3 heteroatoms. The van der Waals surface area contributed by atoms with E-state index in [2.05, 4.69) is 54.5 Å². The van der Waals surface area contributed by atoms with Gasteiger partial charge in [0.2, 0.25) is 0 Å². The summed E-state index contributed by atoms with van der Waals surface area (Å²) in [6.45, 7) is 15.2. The van der Waals surface area contributed by atoms with Gasteiger partial charge in [0.05, 0.1) is 6.04 Å². The van der Waals surface area contributed by atoms with Crippen LogP contribution in [-0.2, 0) is 15.0 Å². The van der Waals surface area contributed by atoms with Crippen molar-refractivity contribution in [1.82, 2.24) is 4.90 Å². The average molecular weight is 311 g/mol. The largest absolute Gasteiger partial charge is 0.269 e. The predicted octanol–water partition coefficient (Wildman–Crippen LogP) is 3.90. The SMILES string of the molecule is Cc1cc2c(c(C)c1C)C(C)(C)C(C)(C)[C@@H]2N1C(=O)C=CC1=O. The summed E-state index contributed by atoms with van der Waals surface area (Å²) in [6.07, 6.45) is 2.77. The molecule has 3 nitrogen and oxygen atoms in total. The van der Waals surface area contributed by atoms with Gasteiger partial charge in [-0.3, -0.25) is 14.5 Å². The lowest BCUT2D eigenvalue weighted by molar-refractivity contribution is -0.143. The van der Waals surface area contributed by atoms with Crippen molar-refractivity contribution in [3.05, 3.63) is 46.0 Å². The van der Waals surface area contributed by atoms with E-state index >= 15 is 0 Å². The summed E-state index contributed by atoms with van der Waals surface area (Å²) in [4.78, 5) is 26.1. The van der Waals surface area contributed by atoms with E-state index in [9.17, 15) is 9.59 Å². The third kappa shape index (κ3) is 1.82. The lowest BCUT2D eigenvalue weighted by Gasteiger charge is -2.42. The summed E-state index contributed by atoms with van der Waals surface area (Å²) in [5.74, 6) is -0.403. The molecule has 2 aliphatic rings. The van der Waals surface area contributed by atoms with Gasteiger partial charge in [-0.05, 0) is 59.4 Å². The maximum Gasteiger partial charge on any atom is 0.254 e. The molecular weight excluding hydrogens is 286 g/mol. The van der Waals surface area contributed by atoms with Crippen LogP contribution in [0.15, 0.2) is 18.2 Å². The fraction of sp³-hybridized carbons (Fsp3) is 0.500. The van der Waals surface area contributed by atoms with E-state index in [4.69, 9.17) is 0 Å². The first-order valence-electron chi connectivity index (χ1n) is 8.18. The molecule has 2 amide bonds. The number of nitrogens with zero attached hydrogens (tertiary/aromatic N) is 1. The fourth-order valence-electron chi connectivity index (χ4n) is 4.34. The van der Waals surface area contributed by atoms with Gasteiger partial charge in [-0.25, -0.2) is 0 Å². The quantitative estimate of drug-likeness (QED) is 0.738. The molecule has 1 aromatic rings. The van der Waals surface area contributed by atoms with Gasteiger partial charge in [0.15, 0.2) is 0 Å². The van der Waals surface area contributed by atoms with Crippen molar-refractivity contribution in [2.75, 3.05) is 0 Å². The summed E-state index contributed by atoms with van der Waals surface area (Å²) < 4.78 is 0. The first-order valence-corrected chi connectivity index (χ1v) is 8.18. The number of carbonyl (C=O) groups excluding carboxylic acids is 2. The molecule has 1 aliphatic heterocycles. The van der Waals surface area contributed by atoms with Crippen LogP contribution < -0.4 is 0 Å². The number of hydrogen-bond donors (Lipinski definition) is 0. The lowest BCUT2D eigenvalue weighted by Crippen LogP contribution is -2.44. The molecule has 1 aromatic carbocycles. The van der Waals surface area contributed by atoms with Crippen LogP contribution in [0.4, 0.5) is 0 Å². The molecule has 0 radical (unpaired) electrons. The molecule has 0 aromatic heterocycles. The number of benzene rings is 1. The van der Waals surface area contributed by atoms with Crippen molar-refractivity contribution in [2.24, 2.45) is 5.41 Å². The molecule has 0 fully saturated rings. The minimum absolute atomic E-state index is 0.126. The van der Waals surface area contributed by atoms with Crippen LogP contribution >= 0.6 is 0 Å². The van der Waals surface area contributed by atoms with Crippen molar-refractivity contribution in [3.63, 3.8) is 0 Å². The summed E-state index contributed by atoms with van der Waals surface area (Å²) in [6, 6.07) is 1.96. The molecule has 0 saturated carbocycles. The molecule has 23 heavy (non-hydrogen) atoms. The normalized spacial score (nSPS) is 24.5. The number of rotatable bonds is 1. The highest BCUT2D eigenvalue weighted by Gasteiger charge is 2.57. The first kappa shape index (κ1) is 16.0. The summed E-state index contributed by atoms with van der Waals surface area (Å²) >= 11 is 0. The number of hydrogen-bond acceptors (Lipinski definition) is 2. The minimum atomic E-state index is -0.238. The molecule has 0 unspecified atom stereocenters. The van der Waals surface area contributed by atoms with Crippen LogP contribution in [0, 0.1) is 26.2 Å². The highest BCUT2D eigenvalue weighted by atomic mass is 16.2. The second-order valence-corrected chi connectivity index (χ2v) is 8.04. The average Bonchev–Trinajstić information content (AvgIpc) is 2.82. The van der Waals surface area contributed by atoms with Crippen LogP contribution in [-0.4, -0.2) is 16.7 Å². The van der Waals surface area contributed by atoms with E-state index in [-0.39, 0.29) is 28.7 Å². The van der Waals surface area contributed by atoms with Gasteiger partial charge >= 0.3 is 0 Å². The van der Waals surface area contributed by atoms with E-state index in [0.717, 1.165) is 5.56 Å². The first-order chi connectivity index (χ1) is 10.5. The maximum atomic E-state index is 12.3. The lowest BCUT2D eigenvalue weighted by atomic mass is 9.66. The van der Waals surface area contributed by atoms with Gasteiger partial charge < -0.3 is 0 Å². The number of carbonyl (C=O) groups is 2. The molecule has 122 valence electrons. The summed E-state index contributed by atoms with van der Waals surface area (Å²) in [7, 11) is 0. The summed E-state index contributed by atoms with van der Waals surface area (Å²) in [5, 5.41) is 0. The minimum Gasteiger partial charge on any atom is -0.269 e. The standard InChI is InChI=1S/C20H25NO2/c1-11-10-14-17(13(3)12(11)2)19(4,5)20(6,7)18(14)21-15(22)8-9-16(21)23/h8-10,18H,1-7H3/t18-/m1/s1. The van der Waals surface area contributed by atoms with E-state index in [1.54, 1.807) is 0 Å². The van der Waals surface area contributed by atoms with E-state index in [1.165, 1.54) is 39.3 Å². The molecular formula is C20H25NO2. The molecule has 3 rings (SSSR count). The Bertz CT molecular complexity index is 750. The van der Waals surface area contributed by atoms with Crippen molar-refractivity contribution in [3.8, 4) is 0 Å². The Hall–Kier alpha value is -1.90. The molecule has 1 atom stereocenters. The zero-order chi connectivity index (χ0) is 17.3. The molecule has 1 aliphatic carbocycles. The number of fused-ring (bicyclic) bond motifs is 1. The molecule has 0 saturated heterocycles. The van der Waals surface area contributed by atoms with Gasteiger partial charge in [-0.1, -0.05) is 33.8 Å². The third-order valence-corrected chi connectivity index (χ3v) is 6.51. The molecule has 0 bridgehead atoms. The smallest absolute Gasteiger partial charge is 0.254 e. The maximum absolute atomic E-state index is 12.3. The Morgan fingerprint density at radius 3 is 1.96 bits per heavy atom. The fourth-order valence-corrected chi connectivity index (χ4v) is 4.34. The van der Waals surface area contributed by atoms with Gasteiger partial charge in [-0.15, -0.1) is 0 Å². The van der Waals surface area contributed by atoms with Crippen LogP contribution in [0.1, 0.15) is 61.6 Å². The Kier molecular flexibility index (Phi) is 3.17. The molecule has 0 spiro atoms. The number of aryl methyl sites for hydroxylation is 1. The number of imide groups is 1. The van der Waals surface area contributed by atoms with Gasteiger partial charge in [0.25, 0.3) is 11.8 Å². The van der Waals surface area contributed by atoms with Crippen LogP contribution in [0.3, 0.4) is 0 Å². The predicted molar refractivity (Wildman–Crippen MR) is 91.2 cm³/mol. The topological polar surface area (TPSA) is 37.4 Å². The Labute approximate surface area is 138 Å². The second kappa shape index (κ2) is 4.56. The van der Waals surface area contributed by atoms with Gasteiger partial charge in [-0.2, -0.15) is 0 Å². The highest BCUT2D eigenvalue weighted by molar-refractivity contribution is 6.13. The Morgan fingerprint density at radius 1 is 0.913 bits per heavy atom. The molecule has 0 N–H and O–H groups in total. The van der Waals surface area contributed by atoms with E-state index in [0.29, 0.717) is 0 Å². The van der Waals surface area contributed by atoms with Crippen LogP contribution in [0.2, 0.25) is 0 Å². The zero-order valence-corrected chi connectivity index (χ0v) is 15.1. The Morgan fingerprint density at radius 2 is 1.43 bits per heavy atom. The monoisotopic (exact) mass is 311 g/mol. The Balaban J connectivity index is 2.32. The van der Waals surface area contributed by atoms with Crippen molar-refractivity contribution >= 4 is 11.8 Å². The van der Waals surface area contributed by atoms with Crippen molar-refractivity contribution < 1.29 is 9.59 Å². The van der Waals surface area contributed by atoms with Crippen LogP contribution in [0.25, 0.3) is 0 Å². The van der Waals surface area contributed by atoms with E-state index in [1.807, 2.05) is 0 Å². The van der Waals surface area contributed by atoms with Crippen molar-refractivity contribution in [1.29, 1.82) is 0 Å². The van der Waals surface area contributed by atoms with Gasteiger partial charge in [0, 0.05) is 12.2 Å². The summed E-state index contributed by atoms with van der Waals surface area (Å²) in [5.41, 5.74) is 5.86. The second-order valence-electron chi connectivity index (χ2n) is 8.04. The molecule has 1 heterocycles. The van der Waals surface area contributed by atoms with Gasteiger partial charge in [0.1, 0.15) is 0 Å². The third-order valence-electron chi connectivity index (χ3n) is 6.51.